The van der Waals surface area contributed by atoms with Gasteiger partial charge in [0.15, 0.2) is 0 Å². The maximum absolute atomic E-state index is 13.9. The van der Waals surface area contributed by atoms with Gasteiger partial charge in [-0.1, -0.05) is 44.2 Å². The van der Waals surface area contributed by atoms with Crippen LogP contribution in [-0.2, 0) is 9.59 Å². The molecule has 0 aromatic heterocycles. The minimum atomic E-state index is -2.66. The average molecular weight is 609 g/mol. The maximum atomic E-state index is 13.9. The van der Waals surface area contributed by atoms with Crippen molar-refractivity contribution in [2.45, 2.75) is 121 Å². The summed E-state index contributed by atoms with van der Waals surface area (Å²) < 4.78 is 27.4. The summed E-state index contributed by atoms with van der Waals surface area (Å²) in [5.41, 5.74) is 0.236. The number of hydrogen-bond acceptors (Lipinski definition) is 4. The van der Waals surface area contributed by atoms with Crippen molar-refractivity contribution in [3.8, 4) is 0 Å². The quantitative estimate of drug-likeness (QED) is 0.340. The monoisotopic (exact) mass is 608 g/mol. The van der Waals surface area contributed by atoms with Gasteiger partial charge in [0, 0.05) is 50.0 Å². The number of urea groups is 1. The predicted octanol–water partition coefficient (Wildman–Crippen LogP) is 6.18. The summed E-state index contributed by atoms with van der Waals surface area (Å²) in [4.78, 5) is 46.4. The van der Waals surface area contributed by atoms with Crippen molar-refractivity contribution in [2.75, 3.05) is 13.1 Å². The second kappa shape index (κ2) is 12.8. The summed E-state index contributed by atoms with van der Waals surface area (Å²) in [7, 11) is 0. The second-order valence-electron chi connectivity index (χ2n) is 13.5. The lowest BCUT2D eigenvalue weighted by Gasteiger charge is -2.47. The third kappa shape index (κ3) is 6.33. The van der Waals surface area contributed by atoms with Crippen molar-refractivity contribution >= 4 is 30.3 Å². The van der Waals surface area contributed by atoms with Crippen LogP contribution in [0, 0.1) is 11.8 Å². The number of amides is 4. The third-order valence-corrected chi connectivity index (χ3v) is 9.83. The van der Waals surface area contributed by atoms with Crippen LogP contribution in [0.25, 0.3) is 0 Å². The average Bonchev–Trinajstić information content (AvgIpc) is 3.27. The normalized spacial score (nSPS) is 28.6. The summed E-state index contributed by atoms with van der Waals surface area (Å²) in [6.45, 7) is 9.32. The molecule has 3 saturated heterocycles. The summed E-state index contributed by atoms with van der Waals surface area (Å²) in [5.74, 6) is -2.96. The Kier molecular flexibility index (Phi) is 9.93. The Labute approximate surface area is 255 Å². The zero-order chi connectivity index (χ0) is 29.5. The van der Waals surface area contributed by atoms with E-state index in [1.165, 1.54) is 4.90 Å². The van der Waals surface area contributed by atoms with Gasteiger partial charge in [0.2, 0.25) is 11.8 Å². The van der Waals surface area contributed by atoms with Crippen molar-refractivity contribution in [1.82, 2.24) is 20.0 Å². The Bertz CT molecular complexity index is 1110. The van der Waals surface area contributed by atoms with Crippen molar-refractivity contribution in [3.05, 3.63) is 35.9 Å². The van der Waals surface area contributed by atoms with Gasteiger partial charge in [0.1, 0.15) is 5.54 Å². The Morgan fingerprint density at radius 1 is 0.976 bits per heavy atom. The smallest absolute Gasteiger partial charge is 0.327 e. The van der Waals surface area contributed by atoms with Crippen molar-refractivity contribution in [2.24, 2.45) is 11.8 Å². The summed E-state index contributed by atoms with van der Waals surface area (Å²) >= 11 is 0. The van der Waals surface area contributed by atoms with Gasteiger partial charge in [-0.3, -0.25) is 19.4 Å². The van der Waals surface area contributed by atoms with E-state index < -0.39 is 11.5 Å². The van der Waals surface area contributed by atoms with Crippen molar-refractivity contribution < 1.29 is 23.2 Å². The van der Waals surface area contributed by atoms with Crippen LogP contribution in [-0.4, -0.2) is 75.2 Å². The third-order valence-electron chi connectivity index (χ3n) is 9.83. The molecule has 5 rings (SSSR count). The molecule has 1 spiro atoms. The predicted molar refractivity (Wildman–Crippen MR) is 160 cm³/mol. The first kappa shape index (κ1) is 32.6. The standard InChI is InChI=1S/C32H46F2N4O3.ClH/c1-21(2)20-37-30(41)38(22(3)4)29(40)31(37)18-25-10-11-26(19-31)36(25)17-14-27(23-8-6-5-7-9-23)35-28(39)24-12-15-32(33,34)16-13-24;/h5-9,21-22,24-27H,10-20H2,1-4H3,(H,35,39);1H/t25?,26?,27-,31?;/m0./s1. The minimum absolute atomic E-state index is 0. The fourth-order valence-electron chi connectivity index (χ4n) is 7.77. The molecular formula is C32H47ClF2N4O3. The number of benzene rings is 1. The molecular weight excluding hydrogens is 562 g/mol. The molecule has 10 heteroatoms. The zero-order valence-corrected chi connectivity index (χ0v) is 26.2. The maximum Gasteiger partial charge on any atom is 0.327 e. The molecule has 2 bridgehead atoms. The highest BCUT2D eigenvalue weighted by atomic mass is 35.5. The van der Waals surface area contributed by atoms with Crippen LogP contribution in [0.15, 0.2) is 30.3 Å². The molecule has 3 atom stereocenters. The highest BCUT2D eigenvalue weighted by Gasteiger charge is 2.63. The number of carbonyl (C=O) groups excluding carboxylic acids is 3. The first-order valence-corrected chi connectivity index (χ1v) is 15.6. The van der Waals surface area contributed by atoms with Crippen LogP contribution in [0.4, 0.5) is 13.6 Å². The summed E-state index contributed by atoms with van der Waals surface area (Å²) in [6, 6.07) is 9.71. The van der Waals surface area contributed by atoms with E-state index in [9.17, 15) is 23.2 Å². The molecule has 4 amide bonds. The number of imide groups is 1. The van der Waals surface area contributed by atoms with E-state index in [1.807, 2.05) is 49.1 Å². The lowest BCUT2D eigenvalue weighted by molar-refractivity contribution is -0.138. The molecule has 4 fully saturated rings. The number of rotatable bonds is 9. The van der Waals surface area contributed by atoms with Gasteiger partial charge in [-0.25, -0.2) is 13.6 Å². The van der Waals surface area contributed by atoms with E-state index in [4.69, 9.17) is 0 Å². The fraction of sp³-hybridized carbons (Fsp3) is 0.719. The van der Waals surface area contributed by atoms with Crippen LogP contribution in [0.5, 0.6) is 0 Å². The Morgan fingerprint density at radius 3 is 2.12 bits per heavy atom. The molecule has 0 radical (unpaired) electrons. The highest BCUT2D eigenvalue weighted by molar-refractivity contribution is 6.07. The van der Waals surface area contributed by atoms with Gasteiger partial charge in [0.25, 0.3) is 5.91 Å². The molecule has 1 aromatic carbocycles. The molecule has 42 heavy (non-hydrogen) atoms. The van der Waals surface area contributed by atoms with E-state index in [2.05, 4.69) is 24.1 Å². The highest BCUT2D eigenvalue weighted by Crippen LogP contribution is 2.48. The SMILES string of the molecule is CC(C)CN1C(=O)N(C(C)C)C(=O)C12CC1CCC(C2)N1CC[C@H](NC(=O)C1CCC(F)(F)CC1)c1ccccc1.Cl. The van der Waals surface area contributed by atoms with E-state index in [0.717, 1.165) is 24.9 Å². The number of halogens is 3. The van der Waals surface area contributed by atoms with Crippen LogP contribution in [0.3, 0.4) is 0 Å². The minimum Gasteiger partial charge on any atom is -0.349 e. The molecule has 1 N–H and O–H groups in total. The van der Waals surface area contributed by atoms with Gasteiger partial charge in [-0.05, 0) is 70.3 Å². The van der Waals surface area contributed by atoms with Crippen LogP contribution in [0.1, 0.15) is 97.1 Å². The number of alkyl halides is 2. The topological polar surface area (TPSA) is 73.0 Å². The molecule has 7 nitrogen and oxygen atoms in total. The van der Waals surface area contributed by atoms with E-state index in [0.29, 0.717) is 25.8 Å². The molecule has 2 unspecified atom stereocenters. The Morgan fingerprint density at radius 2 is 1.57 bits per heavy atom. The zero-order valence-electron chi connectivity index (χ0n) is 25.4. The Balaban J connectivity index is 0.00000405. The molecule has 1 saturated carbocycles. The van der Waals surface area contributed by atoms with Gasteiger partial charge in [-0.15, -0.1) is 12.4 Å². The molecule has 4 aliphatic rings. The summed E-state index contributed by atoms with van der Waals surface area (Å²) in [5, 5.41) is 3.20. The lowest BCUT2D eigenvalue weighted by atomic mass is 9.80. The molecule has 1 aromatic rings. The number of fused-ring (bicyclic) bond motifs is 2. The second-order valence-corrected chi connectivity index (χ2v) is 13.5. The van der Waals surface area contributed by atoms with Crippen molar-refractivity contribution in [3.63, 3.8) is 0 Å². The summed E-state index contributed by atoms with van der Waals surface area (Å²) in [6.07, 6.45) is 3.92. The van der Waals surface area contributed by atoms with Crippen LogP contribution >= 0.6 is 12.4 Å². The van der Waals surface area contributed by atoms with E-state index in [1.54, 1.807) is 0 Å². The van der Waals surface area contributed by atoms with Gasteiger partial charge < -0.3 is 10.2 Å². The van der Waals surface area contributed by atoms with Crippen LogP contribution in [0.2, 0.25) is 0 Å². The number of piperidine rings is 1. The molecule has 1 aliphatic carbocycles. The number of hydrogen-bond donors (Lipinski definition) is 1. The lowest BCUT2D eigenvalue weighted by Crippen LogP contribution is -2.61. The van der Waals surface area contributed by atoms with Gasteiger partial charge in [0.05, 0.1) is 6.04 Å². The fourth-order valence-corrected chi connectivity index (χ4v) is 7.77. The Hall–Kier alpha value is -2.26. The van der Waals surface area contributed by atoms with E-state index in [-0.39, 0.29) is 91.9 Å². The number of nitrogens with one attached hydrogen (secondary N) is 1. The number of carbonyl (C=O) groups is 3. The van der Waals surface area contributed by atoms with Gasteiger partial charge in [-0.2, -0.15) is 0 Å². The van der Waals surface area contributed by atoms with Crippen molar-refractivity contribution in [1.29, 1.82) is 0 Å². The molecule has 234 valence electrons. The van der Waals surface area contributed by atoms with Gasteiger partial charge >= 0.3 is 6.03 Å². The van der Waals surface area contributed by atoms with E-state index >= 15 is 0 Å². The molecule has 3 heterocycles. The first-order valence-electron chi connectivity index (χ1n) is 15.6. The largest absolute Gasteiger partial charge is 0.349 e. The van der Waals surface area contributed by atoms with Crippen LogP contribution < -0.4 is 5.32 Å². The molecule has 3 aliphatic heterocycles. The first-order chi connectivity index (χ1) is 19.4. The number of nitrogens with zero attached hydrogens (tertiary/aromatic N) is 3.